The number of likely N-dealkylation sites (tertiary alicyclic amines) is 1. The first-order valence-corrected chi connectivity index (χ1v) is 10.8. The van der Waals surface area contributed by atoms with Crippen molar-refractivity contribution in [2.24, 2.45) is 0 Å². The van der Waals surface area contributed by atoms with Gasteiger partial charge in [0.2, 0.25) is 0 Å². The molecule has 6 heteroatoms. The minimum Gasteiger partial charge on any atom is -0.492 e. The number of ether oxygens (including phenoxy) is 2. The van der Waals surface area contributed by atoms with E-state index < -0.39 is 5.60 Å². The minimum atomic E-state index is -0.458. The largest absolute Gasteiger partial charge is 0.492 e. The van der Waals surface area contributed by atoms with Crippen LogP contribution in [0, 0.1) is 0 Å². The number of hydrogen-bond donors (Lipinski definition) is 1. The number of nitrogens with one attached hydrogen (secondary N) is 1. The number of nitrogens with zero attached hydrogens (tertiary/aromatic N) is 1. The average molecular weight is 423 g/mol. The van der Waals surface area contributed by atoms with E-state index in [1.165, 1.54) is 5.56 Å². The Balaban J connectivity index is 1.38. The second kappa shape index (κ2) is 8.35. The monoisotopic (exact) mass is 422 g/mol. The molecule has 1 N–H and O–H groups in total. The number of esters is 1. The number of carbonyl (C=O) groups excluding carboxylic acids is 2. The van der Waals surface area contributed by atoms with Gasteiger partial charge in [0.15, 0.2) is 0 Å². The molecule has 1 amide bonds. The van der Waals surface area contributed by atoms with E-state index in [1.807, 2.05) is 51.1 Å². The Morgan fingerprint density at radius 2 is 1.81 bits per heavy atom. The van der Waals surface area contributed by atoms with Crippen LogP contribution in [0.25, 0.3) is 0 Å². The lowest BCUT2D eigenvalue weighted by Crippen LogP contribution is -2.46. The first-order valence-electron chi connectivity index (χ1n) is 10.8. The standard InChI is InChI=1S/C25H30N2O4/c1-24(2,3)31-22(28)16-27-13-11-25(12-14-27)17-30-21-15-19(9-10-20(21)25)26-23(29)18-7-5-4-6-8-18/h4-10,15H,11-14,16-17H2,1-3H3,(H,26,29). The SMILES string of the molecule is CC(C)(C)OC(=O)CN1CCC2(CC1)COc1cc(NC(=O)c3ccccc3)ccc12. The summed E-state index contributed by atoms with van der Waals surface area (Å²) in [6.07, 6.45) is 1.86. The van der Waals surface area contributed by atoms with Crippen molar-refractivity contribution >= 4 is 17.6 Å². The Bertz CT molecular complexity index is 957. The molecule has 0 aromatic heterocycles. The number of anilines is 1. The summed E-state index contributed by atoms with van der Waals surface area (Å²) in [6.45, 7) is 8.28. The Labute approximate surface area is 183 Å². The molecular weight excluding hydrogens is 392 g/mol. The summed E-state index contributed by atoms with van der Waals surface area (Å²) in [5.74, 6) is 0.528. The van der Waals surface area contributed by atoms with Gasteiger partial charge in [-0.1, -0.05) is 24.3 Å². The van der Waals surface area contributed by atoms with E-state index in [-0.39, 0.29) is 17.3 Å². The molecule has 1 fully saturated rings. The molecule has 0 atom stereocenters. The highest BCUT2D eigenvalue weighted by molar-refractivity contribution is 6.04. The average Bonchev–Trinajstić information content (AvgIpc) is 3.07. The molecule has 2 aromatic carbocycles. The fourth-order valence-electron chi connectivity index (χ4n) is 4.35. The van der Waals surface area contributed by atoms with Crippen LogP contribution in [0.1, 0.15) is 49.5 Å². The van der Waals surface area contributed by atoms with Crippen molar-refractivity contribution in [2.45, 2.75) is 44.6 Å². The summed E-state index contributed by atoms with van der Waals surface area (Å²) in [6, 6.07) is 15.1. The van der Waals surface area contributed by atoms with Crippen molar-refractivity contribution in [1.29, 1.82) is 0 Å². The maximum absolute atomic E-state index is 12.4. The molecule has 1 spiro atoms. The molecule has 2 aliphatic rings. The highest BCUT2D eigenvalue weighted by Crippen LogP contribution is 2.46. The third-order valence-corrected chi connectivity index (χ3v) is 5.94. The summed E-state index contributed by atoms with van der Waals surface area (Å²) in [5, 5.41) is 2.95. The quantitative estimate of drug-likeness (QED) is 0.754. The highest BCUT2D eigenvalue weighted by Gasteiger charge is 2.43. The Morgan fingerprint density at radius 1 is 1.10 bits per heavy atom. The number of amides is 1. The summed E-state index contributed by atoms with van der Waals surface area (Å²) in [4.78, 5) is 26.7. The minimum absolute atomic E-state index is 0.0261. The van der Waals surface area contributed by atoms with Crippen LogP contribution in [-0.2, 0) is 14.9 Å². The van der Waals surface area contributed by atoms with E-state index >= 15 is 0 Å². The van der Waals surface area contributed by atoms with Crippen molar-refractivity contribution in [3.63, 3.8) is 0 Å². The Kier molecular flexibility index (Phi) is 5.75. The zero-order chi connectivity index (χ0) is 22.1. The van der Waals surface area contributed by atoms with Gasteiger partial charge in [0, 0.05) is 28.3 Å². The van der Waals surface area contributed by atoms with Gasteiger partial charge in [-0.05, 0) is 64.9 Å². The van der Waals surface area contributed by atoms with Crippen LogP contribution >= 0.6 is 0 Å². The van der Waals surface area contributed by atoms with Gasteiger partial charge in [-0.2, -0.15) is 0 Å². The van der Waals surface area contributed by atoms with Gasteiger partial charge in [0.1, 0.15) is 11.4 Å². The van der Waals surface area contributed by atoms with Crippen molar-refractivity contribution < 1.29 is 19.1 Å². The zero-order valence-electron chi connectivity index (χ0n) is 18.4. The van der Waals surface area contributed by atoms with Crippen LogP contribution < -0.4 is 10.1 Å². The van der Waals surface area contributed by atoms with E-state index in [9.17, 15) is 9.59 Å². The number of fused-ring (bicyclic) bond motifs is 2. The van der Waals surface area contributed by atoms with Gasteiger partial charge in [-0.3, -0.25) is 14.5 Å². The first-order chi connectivity index (χ1) is 14.7. The van der Waals surface area contributed by atoms with Crippen LogP contribution in [0.15, 0.2) is 48.5 Å². The maximum atomic E-state index is 12.4. The third-order valence-electron chi connectivity index (χ3n) is 5.94. The van der Waals surface area contributed by atoms with Crippen LogP contribution in [0.3, 0.4) is 0 Å². The summed E-state index contributed by atoms with van der Waals surface area (Å²) in [7, 11) is 0. The Hall–Kier alpha value is -2.86. The predicted molar refractivity (Wildman–Crippen MR) is 120 cm³/mol. The number of hydrogen-bond acceptors (Lipinski definition) is 5. The molecule has 0 radical (unpaired) electrons. The molecule has 6 nitrogen and oxygen atoms in total. The Morgan fingerprint density at radius 3 is 2.48 bits per heavy atom. The van der Waals surface area contributed by atoms with E-state index in [0.29, 0.717) is 18.7 Å². The molecule has 2 heterocycles. The maximum Gasteiger partial charge on any atom is 0.320 e. The van der Waals surface area contributed by atoms with E-state index in [2.05, 4.69) is 16.3 Å². The van der Waals surface area contributed by atoms with Crippen LogP contribution in [0.4, 0.5) is 5.69 Å². The fourth-order valence-corrected chi connectivity index (χ4v) is 4.35. The smallest absolute Gasteiger partial charge is 0.320 e. The van der Waals surface area contributed by atoms with Crippen LogP contribution in [-0.4, -0.2) is 48.6 Å². The summed E-state index contributed by atoms with van der Waals surface area (Å²) in [5.41, 5.74) is 2.06. The molecule has 0 bridgehead atoms. The van der Waals surface area contributed by atoms with Gasteiger partial charge in [0.05, 0.1) is 13.2 Å². The summed E-state index contributed by atoms with van der Waals surface area (Å²) < 4.78 is 11.5. The normalized spacial score (nSPS) is 17.6. The second-order valence-electron chi connectivity index (χ2n) is 9.46. The lowest BCUT2D eigenvalue weighted by molar-refractivity contribution is -0.156. The molecule has 0 unspecified atom stereocenters. The molecule has 1 saturated heterocycles. The number of rotatable bonds is 4. The molecule has 0 aliphatic carbocycles. The second-order valence-corrected chi connectivity index (χ2v) is 9.46. The van der Waals surface area contributed by atoms with Crippen molar-refractivity contribution in [1.82, 2.24) is 4.90 Å². The van der Waals surface area contributed by atoms with Gasteiger partial charge in [0.25, 0.3) is 5.91 Å². The van der Waals surface area contributed by atoms with Gasteiger partial charge >= 0.3 is 5.97 Å². The highest BCUT2D eigenvalue weighted by atomic mass is 16.6. The van der Waals surface area contributed by atoms with Crippen molar-refractivity contribution in [2.75, 3.05) is 31.6 Å². The molecule has 0 saturated carbocycles. The van der Waals surface area contributed by atoms with Crippen molar-refractivity contribution in [3.05, 3.63) is 59.7 Å². The third kappa shape index (κ3) is 4.90. The van der Waals surface area contributed by atoms with Gasteiger partial charge < -0.3 is 14.8 Å². The van der Waals surface area contributed by atoms with E-state index in [1.54, 1.807) is 12.1 Å². The number of piperidine rings is 1. The topological polar surface area (TPSA) is 67.9 Å². The van der Waals surface area contributed by atoms with E-state index in [4.69, 9.17) is 9.47 Å². The fraction of sp³-hybridized carbons (Fsp3) is 0.440. The molecule has 2 aliphatic heterocycles. The van der Waals surface area contributed by atoms with Gasteiger partial charge in [-0.15, -0.1) is 0 Å². The first kappa shape index (κ1) is 21.4. The lowest BCUT2D eigenvalue weighted by Gasteiger charge is -2.38. The predicted octanol–water partition coefficient (Wildman–Crippen LogP) is 4.01. The molecule has 164 valence electrons. The number of benzene rings is 2. The van der Waals surface area contributed by atoms with Crippen LogP contribution in [0.5, 0.6) is 5.75 Å². The van der Waals surface area contributed by atoms with Gasteiger partial charge in [-0.25, -0.2) is 0 Å². The molecule has 2 aromatic rings. The zero-order valence-corrected chi connectivity index (χ0v) is 18.4. The van der Waals surface area contributed by atoms with Crippen LogP contribution in [0.2, 0.25) is 0 Å². The molecular formula is C25H30N2O4. The van der Waals surface area contributed by atoms with E-state index in [0.717, 1.165) is 37.4 Å². The summed E-state index contributed by atoms with van der Waals surface area (Å²) >= 11 is 0. The lowest BCUT2D eigenvalue weighted by atomic mass is 9.74. The van der Waals surface area contributed by atoms with Crippen molar-refractivity contribution in [3.8, 4) is 5.75 Å². The molecule has 4 rings (SSSR count). The molecule has 31 heavy (non-hydrogen) atoms. The number of carbonyl (C=O) groups is 2.